The minimum atomic E-state index is 0.0347. The molecule has 2 rings (SSSR count). The molecular weight excluding hydrogens is 240 g/mol. The summed E-state index contributed by atoms with van der Waals surface area (Å²) in [5.41, 5.74) is 2.25. The molecule has 0 aliphatic heterocycles. The van der Waals surface area contributed by atoms with E-state index in [1.807, 2.05) is 6.07 Å². The van der Waals surface area contributed by atoms with Gasteiger partial charge in [-0.3, -0.25) is 0 Å². The molecule has 94 valence electrons. The van der Waals surface area contributed by atoms with Crippen LogP contribution in [0, 0.1) is 0 Å². The maximum Gasteiger partial charge on any atom is 0.203 e. The second-order valence-corrected chi connectivity index (χ2v) is 4.60. The SMILES string of the molecule is COc1cc2c(c(OC)c1OC)CCCC2Cl. The third-order valence-electron chi connectivity index (χ3n) is 3.19. The Morgan fingerprint density at radius 2 is 1.82 bits per heavy atom. The van der Waals surface area contributed by atoms with Crippen LogP contribution in [0.4, 0.5) is 0 Å². The van der Waals surface area contributed by atoms with Gasteiger partial charge in [-0.2, -0.15) is 0 Å². The fourth-order valence-corrected chi connectivity index (χ4v) is 2.73. The van der Waals surface area contributed by atoms with Gasteiger partial charge in [0.1, 0.15) is 0 Å². The standard InChI is InChI=1S/C13H17ClO3/c1-15-11-7-9-8(5-4-6-10(9)14)12(16-2)13(11)17-3/h7,10H,4-6H2,1-3H3. The molecule has 0 fully saturated rings. The Labute approximate surface area is 107 Å². The van der Waals surface area contributed by atoms with Gasteiger partial charge < -0.3 is 14.2 Å². The third kappa shape index (κ3) is 2.04. The summed E-state index contributed by atoms with van der Waals surface area (Å²) in [6.45, 7) is 0. The number of hydrogen-bond acceptors (Lipinski definition) is 3. The Morgan fingerprint density at radius 3 is 2.41 bits per heavy atom. The summed E-state index contributed by atoms with van der Waals surface area (Å²) < 4.78 is 16.2. The highest BCUT2D eigenvalue weighted by molar-refractivity contribution is 6.21. The zero-order valence-electron chi connectivity index (χ0n) is 10.4. The van der Waals surface area contributed by atoms with Gasteiger partial charge in [0.25, 0.3) is 0 Å². The van der Waals surface area contributed by atoms with Gasteiger partial charge in [-0.05, 0) is 30.9 Å². The van der Waals surface area contributed by atoms with Crippen molar-refractivity contribution >= 4 is 11.6 Å². The zero-order chi connectivity index (χ0) is 12.4. The van der Waals surface area contributed by atoms with Crippen LogP contribution in [-0.4, -0.2) is 21.3 Å². The number of ether oxygens (including phenoxy) is 3. The molecule has 0 saturated carbocycles. The van der Waals surface area contributed by atoms with E-state index >= 15 is 0 Å². The van der Waals surface area contributed by atoms with E-state index in [4.69, 9.17) is 25.8 Å². The summed E-state index contributed by atoms with van der Waals surface area (Å²) in [5, 5.41) is 0.0347. The predicted molar refractivity (Wildman–Crippen MR) is 67.6 cm³/mol. The molecule has 1 aliphatic rings. The van der Waals surface area contributed by atoms with Crippen LogP contribution >= 0.6 is 11.6 Å². The molecular formula is C13H17ClO3. The quantitative estimate of drug-likeness (QED) is 0.777. The average molecular weight is 257 g/mol. The van der Waals surface area contributed by atoms with Crippen LogP contribution in [-0.2, 0) is 6.42 Å². The minimum Gasteiger partial charge on any atom is -0.493 e. The van der Waals surface area contributed by atoms with Crippen molar-refractivity contribution < 1.29 is 14.2 Å². The largest absolute Gasteiger partial charge is 0.493 e. The number of methoxy groups -OCH3 is 3. The van der Waals surface area contributed by atoms with Crippen molar-refractivity contribution in [3.05, 3.63) is 17.2 Å². The molecule has 1 aliphatic carbocycles. The van der Waals surface area contributed by atoms with Crippen molar-refractivity contribution in [2.45, 2.75) is 24.6 Å². The highest BCUT2D eigenvalue weighted by Crippen LogP contribution is 2.48. The molecule has 0 radical (unpaired) electrons. The first kappa shape index (κ1) is 12.4. The number of halogens is 1. The summed E-state index contributed by atoms with van der Waals surface area (Å²) in [4.78, 5) is 0. The summed E-state index contributed by atoms with van der Waals surface area (Å²) in [5.74, 6) is 2.09. The van der Waals surface area contributed by atoms with Gasteiger partial charge in [0.2, 0.25) is 5.75 Å². The molecule has 17 heavy (non-hydrogen) atoms. The van der Waals surface area contributed by atoms with Crippen LogP contribution in [0.1, 0.15) is 29.3 Å². The maximum absolute atomic E-state index is 6.35. The van der Waals surface area contributed by atoms with E-state index < -0.39 is 0 Å². The van der Waals surface area contributed by atoms with E-state index in [9.17, 15) is 0 Å². The first-order chi connectivity index (χ1) is 8.22. The Morgan fingerprint density at radius 1 is 1.12 bits per heavy atom. The van der Waals surface area contributed by atoms with Gasteiger partial charge in [0.15, 0.2) is 11.5 Å². The smallest absolute Gasteiger partial charge is 0.203 e. The van der Waals surface area contributed by atoms with Crippen LogP contribution in [0.3, 0.4) is 0 Å². The van der Waals surface area contributed by atoms with Crippen molar-refractivity contribution in [3.63, 3.8) is 0 Å². The van der Waals surface area contributed by atoms with Crippen LogP contribution in [0.25, 0.3) is 0 Å². The van der Waals surface area contributed by atoms with Crippen LogP contribution < -0.4 is 14.2 Å². The van der Waals surface area contributed by atoms with Gasteiger partial charge in [0, 0.05) is 5.56 Å². The molecule has 0 heterocycles. The number of benzene rings is 1. The molecule has 0 N–H and O–H groups in total. The van der Waals surface area contributed by atoms with E-state index in [0.717, 1.165) is 36.1 Å². The second-order valence-electron chi connectivity index (χ2n) is 4.07. The average Bonchev–Trinajstić information content (AvgIpc) is 2.36. The Balaban J connectivity index is 2.64. The van der Waals surface area contributed by atoms with Crippen molar-refractivity contribution in [1.82, 2.24) is 0 Å². The lowest BCUT2D eigenvalue weighted by molar-refractivity contribution is 0.320. The topological polar surface area (TPSA) is 27.7 Å². The molecule has 0 saturated heterocycles. The highest BCUT2D eigenvalue weighted by Gasteiger charge is 2.26. The molecule has 1 aromatic rings. The summed E-state index contributed by atoms with van der Waals surface area (Å²) >= 11 is 6.35. The molecule has 1 unspecified atom stereocenters. The molecule has 0 aromatic heterocycles. The lowest BCUT2D eigenvalue weighted by Gasteiger charge is -2.25. The first-order valence-corrected chi connectivity index (χ1v) is 6.12. The third-order valence-corrected chi connectivity index (χ3v) is 3.64. The number of alkyl halides is 1. The fourth-order valence-electron chi connectivity index (χ4n) is 2.39. The van der Waals surface area contributed by atoms with Crippen molar-refractivity contribution in [2.24, 2.45) is 0 Å². The van der Waals surface area contributed by atoms with E-state index in [2.05, 4.69) is 0 Å². The number of fused-ring (bicyclic) bond motifs is 1. The first-order valence-electron chi connectivity index (χ1n) is 5.68. The molecule has 0 amide bonds. The minimum absolute atomic E-state index is 0.0347. The summed E-state index contributed by atoms with van der Waals surface area (Å²) in [6, 6.07) is 1.97. The van der Waals surface area contributed by atoms with Crippen molar-refractivity contribution in [2.75, 3.05) is 21.3 Å². The number of rotatable bonds is 3. The Hall–Kier alpha value is -1.09. The van der Waals surface area contributed by atoms with E-state index in [1.54, 1.807) is 21.3 Å². The van der Waals surface area contributed by atoms with Crippen LogP contribution in [0.15, 0.2) is 6.07 Å². The van der Waals surface area contributed by atoms with E-state index in [1.165, 1.54) is 0 Å². The molecule has 4 heteroatoms. The summed E-state index contributed by atoms with van der Waals surface area (Å²) in [7, 11) is 4.89. The van der Waals surface area contributed by atoms with E-state index in [0.29, 0.717) is 11.5 Å². The molecule has 3 nitrogen and oxygen atoms in total. The van der Waals surface area contributed by atoms with Gasteiger partial charge in [0.05, 0.1) is 26.7 Å². The van der Waals surface area contributed by atoms with Gasteiger partial charge in [-0.1, -0.05) is 0 Å². The summed E-state index contributed by atoms with van der Waals surface area (Å²) in [6.07, 6.45) is 3.04. The molecule has 1 atom stereocenters. The molecule has 0 spiro atoms. The normalized spacial score (nSPS) is 18.5. The molecule has 1 aromatic carbocycles. The monoisotopic (exact) mass is 256 g/mol. The van der Waals surface area contributed by atoms with Crippen molar-refractivity contribution in [3.8, 4) is 17.2 Å². The molecule has 0 bridgehead atoms. The predicted octanol–water partition coefficient (Wildman–Crippen LogP) is 3.33. The van der Waals surface area contributed by atoms with Crippen molar-refractivity contribution in [1.29, 1.82) is 0 Å². The number of hydrogen-bond donors (Lipinski definition) is 0. The zero-order valence-corrected chi connectivity index (χ0v) is 11.1. The Kier molecular flexibility index (Phi) is 3.67. The van der Waals surface area contributed by atoms with Gasteiger partial charge in [-0.25, -0.2) is 0 Å². The van der Waals surface area contributed by atoms with Crippen LogP contribution in [0.5, 0.6) is 17.2 Å². The van der Waals surface area contributed by atoms with E-state index in [-0.39, 0.29) is 5.38 Å². The fraction of sp³-hybridized carbons (Fsp3) is 0.538. The van der Waals surface area contributed by atoms with Crippen LogP contribution in [0.2, 0.25) is 0 Å². The Bertz CT molecular complexity index is 418. The maximum atomic E-state index is 6.35. The lowest BCUT2D eigenvalue weighted by atomic mass is 9.90. The highest BCUT2D eigenvalue weighted by atomic mass is 35.5. The lowest BCUT2D eigenvalue weighted by Crippen LogP contribution is -2.09. The van der Waals surface area contributed by atoms with Gasteiger partial charge in [-0.15, -0.1) is 11.6 Å². The van der Waals surface area contributed by atoms with Gasteiger partial charge >= 0.3 is 0 Å². The second kappa shape index (κ2) is 5.05.